The fraction of sp³-hybridized carbons (Fsp3) is 0.300. The van der Waals surface area contributed by atoms with Gasteiger partial charge < -0.3 is 10.2 Å². The number of nitrogens with zero attached hydrogens (tertiary/aromatic N) is 2. The molecule has 0 bridgehead atoms. The van der Waals surface area contributed by atoms with Crippen LogP contribution in [0.2, 0.25) is 0 Å². The second-order valence-electron chi connectivity index (χ2n) is 7.19. The van der Waals surface area contributed by atoms with Crippen molar-refractivity contribution in [3.8, 4) is 0 Å². The molecule has 2 aromatic carbocycles. The minimum absolute atomic E-state index is 0.00998. The van der Waals surface area contributed by atoms with E-state index in [1.807, 2.05) is 6.07 Å². The van der Waals surface area contributed by atoms with Crippen molar-refractivity contribution in [2.45, 2.75) is 17.7 Å². The zero-order chi connectivity index (χ0) is 20.4. The van der Waals surface area contributed by atoms with Crippen molar-refractivity contribution in [2.75, 3.05) is 30.2 Å². The quantitative estimate of drug-likeness (QED) is 0.648. The Balaban J connectivity index is 1.51. The molecule has 0 spiro atoms. The van der Waals surface area contributed by atoms with Crippen LogP contribution < -0.4 is 10.0 Å². The molecule has 29 heavy (non-hydrogen) atoms. The summed E-state index contributed by atoms with van der Waals surface area (Å²) in [5.41, 5.74) is 1.16. The first-order chi connectivity index (χ1) is 13.9. The Bertz CT molecular complexity index is 1120. The molecule has 0 aliphatic carbocycles. The largest absolute Gasteiger partial charge is 0.306 e. The van der Waals surface area contributed by atoms with E-state index in [0.29, 0.717) is 21.0 Å². The average Bonchev–Trinajstić information content (AvgIpc) is 3.10. The van der Waals surface area contributed by atoms with Crippen molar-refractivity contribution in [1.82, 2.24) is 9.88 Å². The monoisotopic (exact) mass is 430 g/mol. The molecule has 1 aliphatic rings. The molecule has 152 valence electrons. The van der Waals surface area contributed by atoms with E-state index in [2.05, 4.69) is 27.0 Å². The standard InChI is InChI=1S/C20H22N4O3S2/c1-24-11-9-14(10-12-24)19(25)22-20-21-17-8-7-16(13-18(17)28-20)29(26,27)23-15-5-3-2-4-6-15/h2-8,13-14,23H,9-12H2,1H3,(H,21,22,25). The molecule has 0 saturated carbocycles. The minimum Gasteiger partial charge on any atom is -0.306 e. The van der Waals surface area contributed by atoms with E-state index in [1.165, 1.54) is 17.4 Å². The molecular weight excluding hydrogens is 408 g/mol. The Hall–Kier alpha value is -2.49. The maximum atomic E-state index is 12.7. The number of rotatable bonds is 5. The van der Waals surface area contributed by atoms with Crippen molar-refractivity contribution >= 4 is 48.3 Å². The summed E-state index contributed by atoms with van der Waals surface area (Å²) in [7, 11) is -1.65. The lowest BCUT2D eigenvalue weighted by Gasteiger charge is -2.27. The van der Waals surface area contributed by atoms with Gasteiger partial charge in [0.15, 0.2) is 5.13 Å². The summed E-state index contributed by atoms with van der Waals surface area (Å²) in [4.78, 5) is 19.3. The number of para-hydroxylation sites is 1. The molecule has 2 N–H and O–H groups in total. The molecule has 7 nitrogen and oxygen atoms in total. The molecule has 3 aromatic rings. The van der Waals surface area contributed by atoms with Crippen LogP contribution in [0.4, 0.5) is 10.8 Å². The normalized spacial score (nSPS) is 16.0. The number of carbonyl (C=O) groups excluding carboxylic acids is 1. The van der Waals surface area contributed by atoms with Crippen LogP contribution in [0.3, 0.4) is 0 Å². The van der Waals surface area contributed by atoms with Crippen molar-refractivity contribution in [2.24, 2.45) is 5.92 Å². The molecule has 1 amide bonds. The van der Waals surface area contributed by atoms with Crippen LogP contribution in [0.1, 0.15) is 12.8 Å². The molecule has 0 atom stereocenters. The lowest BCUT2D eigenvalue weighted by Crippen LogP contribution is -2.35. The molecule has 1 aromatic heterocycles. The Labute approximate surface area is 173 Å². The topological polar surface area (TPSA) is 91.4 Å². The molecule has 9 heteroatoms. The summed E-state index contributed by atoms with van der Waals surface area (Å²) < 4.78 is 28.6. The number of hydrogen-bond acceptors (Lipinski definition) is 6. The van der Waals surface area contributed by atoms with Gasteiger partial charge in [-0.15, -0.1) is 0 Å². The number of fused-ring (bicyclic) bond motifs is 1. The molecular formula is C20H22N4O3S2. The van der Waals surface area contributed by atoms with E-state index in [4.69, 9.17) is 0 Å². The molecule has 1 aliphatic heterocycles. The highest BCUT2D eigenvalue weighted by Crippen LogP contribution is 2.29. The van der Waals surface area contributed by atoms with E-state index in [9.17, 15) is 13.2 Å². The summed E-state index contributed by atoms with van der Waals surface area (Å²) in [5.74, 6) is -0.0278. The smallest absolute Gasteiger partial charge is 0.261 e. The first-order valence-corrected chi connectivity index (χ1v) is 11.7. The van der Waals surface area contributed by atoms with Crippen LogP contribution in [0.5, 0.6) is 0 Å². The van der Waals surface area contributed by atoms with Crippen molar-refractivity contribution in [1.29, 1.82) is 0 Å². The fourth-order valence-electron chi connectivity index (χ4n) is 3.32. The lowest BCUT2D eigenvalue weighted by atomic mass is 9.96. The molecule has 2 heterocycles. The Kier molecular flexibility index (Phi) is 5.53. The van der Waals surface area contributed by atoms with Crippen molar-refractivity contribution < 1.29 is 13.2 Å². The summed E-state index contributed by atoms with van der Waals surface area (Å²) in [6.07, 6.45) is 1.67. The first-order valence-electron chi connectivity index (χ1n) is 9.38. The molecule has 1 saturated heterocycles. The van der Waals surface area contributed by atoms with Gasteiger partial charge in [-0.1, -0.05) is 29.5 Å². The number of sulfonamides is 1. The predicted molar refractivity (Wildman–Crippen MR) is 116 cm³/mol. The van der Waals surface area contributed by atoms with E-state index >= 15 is 0 Å². The number of carbonyl (C=O) groups is 1. The minimum atomic E-state index is -3.70. The Morgan fingerprint density at radius 3 is 2.59 bits per heavy atom. The second kappa shape index (κ2) is 8.10. The van der Waals surface area contributed by atoms with Gasteiger partial charge in [-0.2, -0.15) is 0 Å². The zero-order valence-electron chi connectivity index (χ0n) is 16.0. The van der Waals surface area contributed by atoms with Gasteiger partial charge >= 0.3 is 0 Å². The number of aromatic nitrogens is 1. The average molecular weight is 431 g/mol. The van der Waals surface area contributed by atoms with Gasteiger partial charge in [0.1, 0.15) is 0 Å². The first kappa shape index (κ1) is 19.8. The number of thiazole rings is 1. The van der Waals surface area contributed by atoms with Gasteiger partial charge in [0.25, 0.3) is 10.0 Å². The summed E-state index contributed by atoms with van der Waals surface area (Å²) in [6, 6.07) is 13.5. The van der Waals surface area contributed by atoms with Crippen LogP contribution in [0.15, 0.2) is 53.4 Å². The third-order valence-corrected chi connectivity index (χ3v) is 7.33. The number of benzene rings is 2. The summed E-state index contributed by atoms with van der Waals surface area (Å²) in [5, 5.41) is 3.39. The molecule has 0 radical (unpaired) electrons. The van der Waals surface area contributed by atoms with Crippen molar-refractivity contribution in [3.05, 3.63) is 48.5 Å². The van der Waals surface area contributed by atoms with Gasteiger partial charge in [0, 0.05) is 11.6 Å². The Morgan fingerprint density at radius 1 is 1.14 bits per heavy atom. The van der Waals surface area contributed by atoms with Crippen LogP contribution in [0, 0.1) is 5.92 Å². The van der Waals surface area contributed by atoms with Gasteiger partial charge in [-0.25, -0.2) is 13.4 Å². The third-order valence-electron chi connectivity index (χ3n) is 5.02. The fourth-order valence-corrected chi connectivity index (χ4v) is 5.39. The SMILES string of the molecule is CN1CCC(C(=O)Nc2nc3ccc(S(=O)(=O)Nc4ccccc4)cc3s2)CC1. The third kappa shape index (κ3) is 4.58. The van der Waals surface area contributed by atoms with E-state index < -0.39 is 10.0 Å². The maximum absolute atomic E-state index is 12.7. The number of piperidine rings is 1. The van der Waals surface area contributed by atoms with Crippen LogP contribution in [-0.4, -0.2) is 44.3 Å². The van der Waals surface area contributed by atoms with E-state index in [0.717, 1.165) is 25.9 Å². The van der Waals surface area contributed by atoms with Gasteiger partial charge in [0.05, 0.1) is 15.1 Å². The summed E-state index contributed by atoms with van der Waals surface area (Å²) >= 11 is 1.28. The molecule has 1 fully saturated rings. The van der Waals surface area contributed by atoms with Crippen LogP contribution >= 0.6 is 11.3 Å². The zero-order valence-corrected chi connectivity index (χ0v) is 17.6. The van der Waals surface area contributed by atoms with E-state index in [-0.39, 0.29) is 16.7 Å². The number of nitrogens with one attached hydrogen (secondary N) is 2. The van der Waals surface area contributed by atoms with Crippen LogP contribution in [0.25, 0.3) is 10.2 Å². The number of amides is 1. The predicted octanol–water partition coefficient (Wildman–Crippen LogP) is 3.38. The lowest BCUT2D eigenvalue weighted by molar-refractivity contribution is -0.121. The maximum Gasteiger partial charge on any atom is 0.261 e. The number of likely N-dealkylation sites (tertiary alicyclic amines) is 1. The van der Waals surface area contributed by atoms with Gasteiger partial charge in [-0.05, 0) is 63.3 Å². The molecule has 0 unspecified atom stereocenters. The second-order valence-corrected chi connectivity index (χ2v) is 9.90. The van der Waals surface area contributed by atoms with Crippen LogP contribution in [-0.2, 0) is 14.8 Å². The van der Waals surface area contributed by atoms with E-state index in [1.54, 1.807) is 36.4 Å². The highest BCUT2D eigenvalue weighted by atomic mass is 32.2. The highest BCUT2D eigenvalue weighted by Gasteiger charge is 2.24. The molecule has 4 rings (SSSR count). The van der Waals surface area contributed by atoms with Gasteiger partial charge in [0.2, 0.25) is 5.91 Å². The number of anilines is 2. The van der Waals surface area contributed by atoms with Crippen molar-refractivity contribution in [3.63, 3.8) is 0 Å². The summed E-state index contributed by atoms with van der Waals surface area (Å²) in [6.45, 7) is 1.82. The number of hydrogen-bond donors (Lipinski definition) is 2. The Morgan fingerprint density at radius 2 is 1.86 bits per heavy atom. The van der Waals surface area contributed by atoms with Gasteiger partial charge in [-0.3, -0.25) is 9.52 Å². The highest BCUT2D eigenvalue weighted by molar-refractivity contribution is 7.92.